The first-order chi connectivity index (χ1) is 23.3. The summed E-state index contributed by atoms with van der Waals surface area (Å²) < 4.78 is 6.36. The van der Waals surface area contributed by atoms with Gasteiger partial charge in [-0.05, 0) is 74.0 Å². The molecule has 2 unspecified atom stereocenters. The fraction of sp³-hybridized carbons (Fsp3) is 0.0698. The number of hydrogen-bond acceptors (Lipinski definition) is 4. The lowest BCUT2D eigenvalue weighted by atomic mass is 9.94. The summed E-state index contributed by atoms with van der Waals surface area (Å²) in [5.74, 6) is 0. The summed E-state index contributed by atoms with van der Waals surface area (Å²) in [6, 6.07) is 58.1. The second-order valence-corrected chi connectivity index (χ2v) is 12.3. The van der Waals surface area contributed by atoms with E-state index in [1.165, 1.54) is 38.6 Å². The Morgan fingerprint density at radius 1 is 0.383 bits per heavy atom. The number of nitrogens with one attached hydrogen (secondary N) is 3. The molecule has 0 spiro atoms. The van der Waals surface area contributed by atoms with Gasteiger partial charge in [-0.1, -0.05) is 140 Å². The zero-order valence-corrected chi connectivity index (χ0v) is 25.7. The van der Waals surface area contributed by atoms with Crippen LogP contribution in [0.4, 0.5) is 0 Å². The molecular weight excluding hydrogens is 574 g/mol. The summed E-state index contributed by atoms with van der Waals surface area (Å²) in [7, 11) is 0. The van der Waals surface area contributed by atoms with Crippen LogP contribution in [0.3, 0.4) is 0 Å². The molecule has 2 atom stereocenters. The molecule has 226 valence electrons. The third kappa shape index (κ3) is 5.19. The van der Waals surface area contributed by atoms with Crippen molar-refractivity contribution in [1.29, 1.82) is 0 Å². The zero-order valence-electron chi connectivity index (χ0n) is 25.7. The van der Waals surface area contributed by atoms with Gasteiger partial charge in [0.25, 0.3) is 0 Å². The Balaban J connectivity index is 1.04. The minimum absolute atomic E-state index is 0.0189. The van der Waals surface area contributed by atoms with E-state index in [-0.39, 0.29) is 18.5 Å². The quantitative estimate of drug-likeness (QED) is 0.182. The van der Waals surface area contributed by atoms with E-state index in [4.69, 9.17) is 4.42 Å². The molecule has 1 aromatic heterocycles. The molecule has 2 heterocycles. The van der Waals surface area contributed by atoms with Gasteiger partial charge < -0.3 is 4.42 Å². The molecule has 1 aliphatic heterocycles. The SMILES string of the molecule is c1ccc(C2NC(c3ccccc3)NC(c3ccccc3-c3ccc(-c4ccc5c(c4)oc4cc6ccccc6cc45)cc3)N2)cc1. The highest BCUT2D eigenvalue weighted by Crippen LogP contribution is 2.37. The largest absolute Gasteiger partial charge is 0.456 e. The average molecular weight is 608 g/mol. The summed E-state index contributed by atoms with van der Waals surface area (Å²) in [5.41, 5.74) is 10.1. The topological polar surface area (TPSA) is 49.2 Å². The Hall–Kier alpha value is -5.52. The second kappa shape index (κ2) is 11.7. The monoisotopic (exact) mass is 607 g/mol. The van der Waals surface area contributed by atoms with Crippen molar-refractivity contribution in [3.8, 4) is 22.3 Å². The van der Waals surface area contributed by atoms with Crippen LogP contribution in [0, 0.1) is 0 Å². The van der Waals surface area contributed by atoms with E-state index in [1.807, 2.05) is 0 Å². The zero-order chi connectivity index (χ0) is 31.2. The van der Waals surface area contributed by atoms with Gasteiger partial charge in [-0.2, -0.15) is 0 Å². The lowest BCUT2D eigenvalue weighted by Gasteiger charge is -2.40. The Labute approximate surface area is 273 Å². The molecule has 1 saturated heterocycles. The molecule has 8 aromatic rings. The van der Waals surface area contributed by atoms with E-state index in [0.717, 1.165) is 33.1 Å². The molecule has 4 nitrogen and oxygen atoms in total. The highest BCUT2D eigenvalue weighted by Gasteiger charge is 2.30. The van der Waals surface area contributed by atoms with Crippen molar-refractivity contribution in [3.63, 3.8) is 0 Å². The predicted octanol–water partition coefficient (Wildman–Crippen LogP) is 10.3. The third-order valence-corrected chi connectivity index (χ3v) is 9.41. The van der Waals surface area contributed by atoms with Crippen molar-refractivity contribution in [2.45, 2.75) is 18.5 Å². The van der Waals surface area contributed by atoms with Crippen molar-refractivity contribution < 1.29 is 4.42 Å². The van der Waals surface area contributed by atoms with Crippen molar-refractivity contribution in [1.82, 2.24) is 16.0 Å². The van der Waals surface area contributed by atoms with E-state index >= 15 is 0 Å². The fourth-order valence-corrected chi connectivity index (χ4v) is 7.00. The summed E-state index contributed by atoms with van der Waals surface area (Å²) in [5, 5.41) is 16.2. The Morgan fingerprint density at radius 2 is 0.915 bits per heavy atom. The molecule has 0 amide bonds. The van der Waals surface area contributed by atoms with Crippen LogP contribution in [-0.2, 0) is 0 Å². The lowest BCUT2D eigenvalue weighted by Crippen LogP contribution is -2.54. The van der Waals surface area contributed by atoms with Crippen LogP contribution in [0.2, 0.25) is 0 Å². The molecule has 0 bridgehead atoms. The maximum atomic E-state index is 6.36. The molecular formula is C43H33N3O. The van der Waals surface area contributed by atoms with Crippen LogP contribution in [0.5, 0.6) is 0 Å². The molecule has 1 fully saturated rings. The van der Waals surface area contributed by atoms with Crippen LogP contribution >= 0.6 is 0 Å². The summed E-state index contributed by atoms with van der Waals surface area (Å²) in [6.07, 6.45) is -0.112. The van der Waals surface area contributed by atoms with Crippen LogP contribution in [-0.4, -0.2) is 0 Å². The number of fused-ring (bicyclic) bond motifs is 4. The van der Waals surface area contributed by atoms with E-state index in [2.05, 4.69) is 180 Å². The first kappa shape index (κ1) is 27.8. The molecule has 0 aliphatic carbocycles. The Kier molecular flexibility index (Phi) is 6.90. The third-order valence-electron chi connectivity index (χ3n) is 9.41. The van der Waals surface area contributed by atoms with Gasteiger partial charge in [0.1, 0.15) is 11.2 Å². The molecule has 4 heteroatoms. The van der Waals surface area contributed by atoms with E-state index in [9.17, 15) is 0 Å². The second-order valence-electron chi connectivity index (χ2n) is 12.3. The van der Waals surface area contributed by atoms with Crippen LogP contribution in [0.1, 0.15) is 35.2 Å². The predicted molar refractivity (Wildman–Crippen MR) is 193 cm³/mol. The molecule has 7 aromatic carbocycles. The van der Waals surface area contributed by atoms with Gasteiger partial charge >= 0.3 is 0 Å². The fourth-order valence-electron chi connectivity index (χ4n) is 7.00. The minimum Gasteiger partial charge on any atom is -0.456 e. The number of furan rings is 1. The average Bonchev–Trinajstić information content (AvgIpc) is 3.51. The van der Waals surface area contributed by atoms with Gasteiger partial charge in [-0.25, -0.2) is 0 Å². The van der Waals surface area contributed by atoms with Gasteiger partial charge in [-0.3, -0.25) is 16.0 Å². The first-order valence-corrected chi connectivity index (χ1v) is 16.2. The van der Waals surface area contributed by atoms with Crippen molar-refractivity contribution in [3.05, 3.63) is 180 Å². The van der Waals surface area contributed by atoms with Crippen molar-refractivity contribution in [2.24, 2.45) is 0 Å². The normalized spacial score (nSPS) is 18.2. The molecule has 1 aliphatic rings. The van der Waals surface area contributed by atoms with E-state index < -0.39 is 0 Å². The summed E-state index contributed by atoms with van der Waals surface area (Å²) >= 11 is 0. The van der Waals surface area contributed by atoms with Crippen molar-refractivity contribution >= 4 is 32.7 Å². The van der Waals surface area contributed by atoms with Crippen LogP contribution < -0.4 is 16.0 Å². The lowest BCUT2D eigenvalue weighted by molar-refractivity contribution is 0.203. The Bertz CT molecular complexity index is 2300. The highest BCUT2D eigenvalue weighted by molar-refractivity contribution is 6.10. The maximum absolute atomic E-state index is 6.36. The number of rotatable bonds is 5. The van der Waals surface area contributed by atoms with E-state index in [1.54, 1.807) is 0 Å². The minimum atomic E-state index is -0.0744. The first-order valence-electron chi connectivity index (χ1n) is 16.2. The standard InChI is InChI=1S/C43H33N3O/c1-3-11-30(12-4-1)41-44-42(31-13-5-2-6-14-31)46-43(45-41)37-18-10-9-17-35(37)29-21-19-28(20-22-29)34-23-24-36-38-25-32-15-7-8-16-33(32)26-40(38)47-39(36)27-34/h1-27,41-46H. The number of hydrogen-bond donors (Lipinski definition) is 3. The van der Waals surface area contributed by atoms with Crippen LogP contribution in [0.25, 0.3) is 55.0 Å². The van der Waals surface area contributed by atoms with Gasteiger partial charge in [0.15, 0.2) is 0 Å². The summed E-state index contributed by atoms with van der Waals surface area (Å²) in [4.78, 5) is 0. The molecule has 3 N–H and O–H groups in total. The maximum Gasteiger partial charge on any atom is 0.136 e. The van der Waals surface area contributed by atoms with Gasteiger partial charge in [-0.15, -0.1) is 0 Å². The summed E-state index contributed by atoms with van der Waals surface area (Å²) in [6.45, 7) is 0. The molecule has 0 radical (unpaired) electrons. The molecule has 0 saturated carbocycles. The van der Waals surface area contributed by atoms with E-state index in [0.29, 0.717) is 0 Å². The highest BCUT2D eigenvalue weighted by atomic mass is 16.3. The van der Waals surface area contributed by atoms with Gasteiger partial charge in [0.05, 0.1) is 18.5 Å². The molecule has 9 rings (SSSR count). The van der Waals surface area contributed by atoms with Crippen molar-refractivity contribution in [2.75, 3.05) is 0 Å². The smallest absolute Gasteiger partial charge is 0.136 e. The Morgan fingerprint density at radius 3 is 1.62 bits per heavy atom. The van der Waals surface area contributed by atoms with Gasteiger partial charge in [0.2, 0.25) is 0 Å². The number of benzene rings is 7. The van der Waals surface area contributed by atoms with Gasteiger partial charge in [0, 0.05) is 10.8 Å². The van der Waals surface area contributed by atoms with Crippen LogP contribution in [0.15, 0.2) is 168 Å². The molecule has 47 heavy (non-hydrogen) atoms.